The number of hydrogen-bond acceptors (Lipinski definition) is 3. The fraction of sp³-hybridized carbons (Fsp3) is 0.333. The average molecular weight is 347 g/mol. The van der Waals surface area contributed by atoms with E-state index in [0.29, 0.717) is 22.3 Å². The SMILES string of the molecule is Cc1cc(C(=O)OCC(=O)Nc2cccc(Cl)c2)c(C)n1C1CC1. The molecule has 1 heterocycles. The molecule has 6 heteroatoms. The molecule has 1 aliphatic carbocycles. The Balaban J connectivity index is 1.59. The van der Waals surface area contributed by atoms with E-state index < -0.39 is 11.9 Å². The van der Waals surface area contributed by atoms with Gasteiger partial charge in [0, 0.05) is 28.1 Å². The lowest BCUT2D eigenvalue weighted by molar-refractivity contribution is -0.119. The van der Waals surface area contributed by atoms with E-state index in [9.17, 15) is 9.59 Å². The third-order valence-electron chi connectivity index (χ3n) is 4.06. The van der Waals surface area contributed by atoms with E-state index in [1.165, 1.54) is 0 Å². The molecule has 0 radical (unpaired) electrons. The topological polar surface area (TPSA) is 60.3 Å². The molecule has 2 aromatic rings. The van der Waals surface area contributed by atoms with Crippen LogP contribution in [0.1, 0.15) is 40.6 Å². The van der Waals surface area contributed by atoms with Gasteiger partial charge in [-0.1, -0.05) is 17.7 Å². The van der Waals surface area contributed by atoms with Crippen LogP contribution in [0.15, 0.2) is 30.3 Å². The zero-order chi connectivity index (χ0) is 17.3. The van der Waals surface area contributed by atoms with Gasteiger partial charge in [-0.3, -0.25) is 4.79 Å². The van der Waals surface area contributed by atoms with Gasteiger partial charge in [-0.05, 0) is 51.0 Å². The number of aromatic nitrogens is 1. The number of halogens is 1. The Morgan fingerprint density at radius 3 is 2.71 bits per heavy atom. The zero-order valence-corrected chi connectivity index (χ0v) is 14.4. The second-order valence-corrected chi connectivity index (χ2v) is 6.46. The Bertz CT molecular complexity index is 794. The van der Waals surface area contributed by atoms with Crippen molar-refractivity contribution in [3.63, 3.8) is 0 Å². The number of carbonyl (C=O) groups excluding carboxylic acids is 2. The monoisotopic (exact) mass is 346 g/mol. The highest BCUT2D eigenvalue weighted by Gasteiger charge is 2.28. The summed E-state index contributed by atoms with van der Waals surface area (Å²) in [6, 6.07) is 9.12. The molecule has 0 bridgehead atoms. The summed E-state index contributed by atoms with van der Waals surface area (Å²) < 4.78 is 7.31. The molecule has 1 saturated carbocycles. The van der Waals surface area contributed by atoms with Crippen LogP contribution < -0.4 is 5.32 Å². The number of esters is 1. The van der Waals surface area contributed by atoms with Crippen molar-refractivity contribution in [1.82, 2.24) is 4.57 Å². The summed E-state index contributed by atoms with van der Waals surface area (Å²) in [4.78, 5) is 24.1. The Kier molecular flexibility index (Phi) is 4.62. The van der Waals surface area contributed by atoms with Crippen LogP contribution in [-0.2, 0) is 9.53 Å². The van der Waals surface area contributed by atoms with Crippen molar-refractivity contribution in [2.45, 2.75) is 32.7 Å². The standard InChI is InChI=1S/C18H19ClN2O3/c1-11-8-16(12(2)21(11)15-6-7-15)18(23)24-10-17(22)20-14-5-3-4-13(19)9-14/h3-5,8-9,15H,6-7,10H2,1-2H3,(H,20,22). The Hall–Kier alpha value is -2.27. The smallest absolute Gasteiger partial charge is 0.340 e. The van der Waals surface area contributed by atoms with Gasteiger partial charge in [-0.2, -0.15) is 0 Å². The molecule has 1 N–H and O–H groups in total. The number of nitrogens with zero attached hydrogens (tertiary/aromatic N) is 1. The summed E-state index contributed by atoms with van der Waals surface area (Å²) in [5, 5.41) is 3.17. The maximum atomic E-state index is 12.2. The maximum absolute atomic E-state index is 12.2. The molecule has 1 fully saturated rings. The van der Waals surface area contributed by atoms with Gasteiger partial charge in [-0.15, -0.1) is 0 Å². The summed E-state index contributed by atoms with van der Waals surface area (Å²) in [5.41, 5.74) is 3.03. The summed E-state index contributed by atoms with van der Waals surface area (Å²) >= 11 is 5.86. The lowest BCUT2D eigenvalue weighted by Crippen LogP contribution is -2.21. The normalized spacial score (nSPS) is 13.6. The van der Waals surface area contributed by atoms with Crippen molar-refractivity contribution in [2.24, 2.45) is 0 Å². The van der Waals surface area contributed by atoms with Crippen molar-refractivity contribution in [2.75, 3.05) is 11.9 Å². The molecule has 3 rings (SSSR count). The third-order valence-corrected chi connectivity index (χ3v) is 4.29. The number of benzene rings is 1. The molecule has 0 saturated heterocycles. The van der Waals surface area contributed by atoms with Gasteiger partial charge in [0.1, 0.15) is 0 Å². The first-order chi connectivity index (χ1) is 11.5. The minimum atomic E-state index is -0.476. The van der Waals surface area contributed by atoms with Crippen LogP contribution in [0.3, 0.4) is 0 Å². The molecule has 1 aromatic heterocycles. The van der Waals surface area contributed by atoms with Crippen LogP contribution in [0.4, 0.5) is 5.69 Å². The lowest BCUT2D eigenvalue weighted by Gasteiger charge is -2.08. The second kappa shape index (κ2) is 6.69. The highest BCUT2D eigenvalue weighted by molar-refractivity contribution is 6.30. The van der Waals surface area contributed by atoms with Gasteiger partial charge in [0.2, 0.25) is 0 Å². The first kappa shape index (κ1) is 16.6. The van der Waals surface area contributed by atoms with Gasteiger partial charge in [0.05, 0.1) is 5.56 Å². The molecule has 0 atom stereocenters. The van der Waals surface area contributed by atoms with E-state index in [4.69, 9.17) is 16.3 Å². The van der Waals surface area contributed by atoms with Crippen LogP contribution in [0.25, 0.3) is 0 Å². The molecule has 126 valence electrons. The van der Waals surface area contributed by atoms with E-state index in [-0.39, 0.29) is 6.61 Å². The van der Waals surface area contributed by atoms with Crippen molar-refractivity contribution < 1.29 is 14.3 Å². The van der Waals surface area contributed by atoms with Crippen LogP contribution in [0.2, 0.25) is 5.02 Å². The summed E-state index contributed by atoms with van der Waals surface area (Å²) in [5.74, 6) is -0.877. The van der Waals surface area contributed by atoms with Crippen LogP contribution in [0, 0.1) is 13.8 Å². The van der Waals surface area contributed by atoms with Crippen molar-refractivity contribution in [1.29, 1.82) is 0 Å². The van der Waals surface area contributed by atoms with Crippen LogP contribution >= 0.6 is 11.6 Å². The molecule has 24 heavy (non-hydrogen) atoms. The molecule has 0 unspecified atom stereocenters. The molecule has 5 nitrogen and oxygen atoms in total. The summed E-state index contributed by atoms with van der Waals surface area (Å²) in [6.45, 7) is 3.56. The van der Waals surface area contributed by atoms with Gasteiger partial charge in [0.25, 0.3) is 5.91 Å². The van der Waals surface area contributed by atoms with Crippen molar-refractivity contribution in [3.8, 4) is 0 Å². The van der Waals surface area contributed by atoms with Gasteiger partial charge >= 0.3 is 5.97 Å². The fourth-order valence-electron chi connectivity index (χ4n) is 2.85. The van der Waals surface area contributed by atoms with Gasteiger partial charge < -0.3 is 14.6 Å². The van der Waals surface area contributed by atoms with E-state index in [1.54, 1.807) is 24.3 Å². The maximum Gasteiger partial charge on any atom is 0.340 e. The molecule has 0 spiro atoms. The minimum absolute atomic E-state index is 0.335. The molecule has 1 aliphatic rings. The number of ether oxygens (including phenoxy) is 1. The Morgan fingerprint density at radius 1 is 1.29 bits per heavy atom. The predicted octanol–water partition coefficient (Wildman–Crippen LogP) is 3.89. The highest BCUT2D eigenvalue weighted by atomic mass is 35.5. The number of rotatable bonds is 5. The number of amides is 1. The van der Waals surface area contributed by atoms with Gasteiger partial charge in [-0.25, -0.2) is 4.79 Å². The predicted molar refractivity (Wildman–Crippen MR) is 92.5 cm³/mol. The molecule has 1 amide bonds. The first-order valence-electron chi connectivity index (χ1n) is 7.86. The van der Waals surface area contributed by atoms with E-state index in [0.717, 1.165) is 24.2 Å². The third kappa shape index (κ3) is 3.62. The van der Waals surface area contributed by atoms with Crippen molar-refractivity contribution >= 4 is 29.2 Å². The number of anilines is 1. The minimum Gasteiger partial charge on any atom is -0.452 e. The van der Waals surface area contributed by atoms with Crippen molar-refractivity contribution in [3.05, 3.63) is 52.3 Å². The Labute approximate surface area is 145 Å². The molecule has 0 aliphatic heterocycles. The molecular weight excluding hydrogens is 328 g/mol. The zero-order valence-electron chi connectivity index (χ0n) is 13.6. The summed E-state index contributed by atoms with van der Waals surface area (Å²) in [6.07, 6.45) is 2.29. The molecule has 1 aromatic carbocycles. The van der Waals surface area contributed by atoms with Crippen LogP contribution in [-0.4, -0.2) is 23.1 Å². The quantitative estimate of drug-likeness (QED) is 0.835. The summed E-state index contributed by atoms with van der Waals surface area (Å²) in [7, 11) is 0. The number of carbonyl (C=O) groups is 2. The first-order valence-corrected chi connectivity index (χ1v) is 8.24. The van der Waals surface area contributed by atoms with E-state index in [1.807, 2.05) is 19.9 Å². The number of hydrogen-bond donors (Lipinski definition) is 1. The van der Waals surface area contributed by atoms with E-state index in [2.05, 4.69) is 9.88 Å². The van der Waals surface area contributed by atoms with Gasteiger partial charge in [0.15, 0.2) is 6.61 Å². The number of nitrogens with one attached hydrogen (secondary N) is 1. The lowest BCUT2D eigenvalue weighted by atomic mass is 10.2. The molecular formula is C18H19ClN2O3. The van der Waals surface area contributed by atoms with Crippen LogP contribution in [0.5, 0.6) is 0 Å². The average Bonchev–Trinajstić information content (AvgIpc) is 3.30. The number of aryl methyl sites for hydroxylation is 1. The second-order valence-electron chi connectivity index (χ2n) is 6.02. The Morgan fingerprint density at radius 2 is 2.04 bits per heavy atom. The fourth-order valence-corrected chi connectivity index (χ4v) is 3.04. The van der Waals surface area contributed by atoms with E-state index >= 15 is 0 Å². The highest BCUT2D eigenvalue weighted by Crippen LogP contribution is 2.38. The largest absolute Gasteiger partial charge is 0.452 e.